The van der Waals surface area contributed by atoms with E-state index in [-0.39, 0.29) is 18.0 Å². The smallest absolute Gasteiger partial charge is 0.244 e. The molecule has 2 rings (SSSR count). The highest BCUT2D eigenvalue weighted by molar-refractivity contribution is 7.92. The number of halogens is 1. The van der Waals surface area contributed by atoms with Gasteiger partial charge in [-0.15, -0.1) is 0 Å². The first kappa shape index (κ1) is 26.3. The van der Waals surface area contributed by atoms with E-state index < -0.39 is 40.2 Å². The standard InChI is InChI=1S/C24H32FN3O4S/c1-6-26-24(30)18(4)27(15-20-9-7-8-10-22(20)25)23(29)16-28(33(5,31)32)21-13-11-19(12-14-21)17(2)3/h7-14,17-18H,6,15-16H2,1-5H3,(H,26,30). The predicted octanol–water partition coefficient (Wildman–Crippen LogP) is 3.27. The van der Waals surface area contributed by atoms with Crippen molar-refractivity contribution in [2.75, 3.05) is 23.7 Å². The zero-order chi connectivity index (χ0) is 24.8. The topological polar surface area (TPSA) is 86.8 Å². The summed E-state index contributed by atoms with van der Waals surface area (Å²) >= 11 is 0. The zero-order valence-electron chi connectivity index (χ0n) is 19.7. The van der Waals surface area contributed by atoms with Crippen molar-refractivity contribution in [3.8, 4) is 0 Å². The minimum absolute atomic E-state index is 0.173. The van der Waals surface area contributed by atoms with Gasteiger partial charge in [-0.05, 0) is 43.5 Å². The molecule has 9 heteroatoms. The van der Waals surface area contributed by atoms with Gasteiger partial charge >= 0.3 is 0 Å². The number of carbonyl (C=O) groups excluding carboxylic acids is 2. The minimum Gasteiger partial charge on any atom is -0.355 e. The molecule has 33 heavy (non-hydrogen) atoms. The van der Waals surface area contributed by atoms with Gasteiger partial charge in [-0.25, -0.2) is 12.8 Å². The van der Waals surface area contributed by atoms with Crippen LogP contribution in [0.2, 0.25) is 0 Å². The van der Waals surface area contributed by atoms with Crippen LogP contribution in [0.3, 0.4) is 0 Å². The zero-order valence-corrected chi connectivity index (χ0v) is 20.5. The molecule has 180 valence electrons. The Morgan fingerprint density at radius 3 is 2.15 bits per heavy atom. The van der Waals surface area contributed by atoms with E-state index in [9.17, 15) is 22.4 Å². The van der Waals surface area contributed by atoms with Gasteiger partial charge in [0.05, 0.1) is 11.9 Å². The van der Waals surface area contributed by atoms with E-state index in [2.05, 4.69) is 5.32 Å². The molecule has 0 saturated heterocycles. The van der Waals surface area contributed by atoms with Crippen molar-refractivity contribution >= 4 is 27.5 Å². The number of hydrogen-bond acceptors (Lipinski definition) is 4. The molecule has 2 aromatic rings. The van der Waals surface area contributed by atoms with Gasteiger partial charge in [0, 0.05) is 18.7 Å². The van der Waals surface area contributed by atoms with Gasteiger partial charge in [0.2, 0.25) is 21.8 Å². The number of benzene rings is 2. The van der Waals surface area contributed by atoms with Gasteiger partial charge in [-0.1, -0.05) is 44.2 Å². The van der Waals surface area contributed by atoms with E-state index in [0.717, 1.165) is 16.1 Å². The van der Waals surface area contributed by atoms with Gasteiger partial charge in [0.1, 0.15) is 18.4 Å². The van der Waals surface area contributed by atoms with Crippen molar-refractivity contribution in [2.45, 2.75) is 46.2 Å². The van der Waals surface area contributed by atoms with Crippen molar-refractivity contribution in [2.24, 2.45) is 0 Å². The fraction of sp³-hybridized carbons (Fsp3) is 0.417. The van der Waals surface area contributed by atoms with Gasteiger partial charge < -0.3 is 10.2 Å². The largest absolute Gasteiger partial charge is 0.355 e. The van der Waals surface area contributed by atoms with Gasteiger partial charge in [0.25, 0.3) is 0 Å². The van der Waals surface area contributed by atoms with Crippen molar-refractivity contribution in [1.82, 2.24) is 10.2 Å². The van der Waals surface area contributed by atoms with E-state index in [1.54, 1.807) is 25.1 Å². The molecule has 2 aromatic carbocycles. The number of hydrogen-bond donors (Lipinski definition) is 1. The molecule has 1 unspecified atom stereocenters. The van der Waals surface area contributed by atoms with Crippen LogP contribution in [0.4, 0.5) is 10.1 Å². The number of sulfonamides is 1. The minimum atomic E-state index is -3.81. The maximum atomic E-state index is 14.3. The van der Waals surface area contributed by atoms with Crippen LogP contribution >= 0.6 is 0 Å². The Kier molecular flexibility index (Phi) is 8.99. The Hall–Kier alpha value is -2.94. The highest BCUT2D eigenvalue weighted by Gasteiger charge is 2.30. The quantitative estimate of drug-likeness (QED) is 0.569. The van der Waals surface area contributed by atoms with E-state index >= 15 is 0 Å². The molecule has 0 saturated carbocycles. The van der Waals surface area contributed by atoms with E-state index in [4.69, 9.17) is 0 Å². The predicted molar refractivity (Wildman–Crippen MR) is 128 cm³/mol. The first-order valence-electron chi connectivity index (χ1n) is 10.8. The van der Waals surface area contributed by atoms with Crippen molar-refractivity contribution in [3.05, 3.63) is 65.5 Å². The summed E-state index contributed by atoms with van der Waals surface area (Å²) in [5.41, 5.74) is 1.60. The molecule has 0 heterocycles. The molecule has 0 aliphatic heterocycles. The van der Waals surface area contributed by atoms with Crippen molar-refractivity contribution in [3.63, 3.8) is 0 Å². The fourth-order valence-electron chi connectivity index (χ4n) is 3.35. The summed E-state index contributed by atoms with van der Waals surface area (Å²) in [7, 11) is -3.81. The van der Waals surface area contributed by atoms with Crippen LogP contribution in [0.25, 0.3) is 0 Å². The van der Waals surface area contributed by atoms with E-state index in [0.29, 0.717) is 12.2 Å². The van der Waals surface area contributed by atoms with Gasteiger partial charge in [-0.2, -0.15) is 0 Å². The average molecular weight is 478 g/mol. The third kappa shape index (κ3) is 7.02. The summed E-state index contributed by atoms with van der Waals surface area (Å²) in [6.07, 6.45) is 1.02. The highest BCUT2D eigenvalue weighted by atomic mass is 32.2. The maximum Gasteiger partial charge on any atom is 0.244 e. The van der Waals surface area contributed by atoms with Gasteiger partial charge in [-0.3, -0.25) is 13.9 Å². The Labute approximate surface area is 195 Å². The highest BCUT2D eigenvalue weighted by Crippen LogP contribution is 2.23. The molecule has 0 fully saturated rings. The lowest BCUT2D eigenvalue weighted by molar-refractivity contribution is -0.139. The monoisotopic (exact) mass is 477 g/mol. The summed E-state index contributed by atoms with van der Waals surface area (Å²) in [6.45, 7) is 7.01. The number of rotatable bonds is 10. The second kappa shape index (κ2) is 11.3. The Morgan fingerprint density at radius 2 is 1.64 bits per heavy atom. The Morgan fingerprint density at radius 1 is 1.03 bits per heavy atom. The molecular formula is C24H32FN3O4S. The molecule has 1 atom stereocenters. The van der Waals surface area contributed by atoms with Crippen LogP contribution in [0.1, 0.15) is 44.7 Å². The second-order valence-corrected chi connectivity index (χ2v) is 10.1. The number of carbonyl (C=O) groups is 2. The first-order chi connectivity index (χ1) is 15.5. The molecule has 0 spiro atoms. The molecular weight excluding hydrogens is 445 g/mol. The Balaban J connectivity index is 2.39. The third-order valence-corrected chi connectivity index (χ3v) is 6.48. The lowest BCUT2D eigenvalue weighted by Crippen LogP contribution is -2.51. The summed E-state index contributed by atoms with van der Waals surface area (Å²) in [5, 5.41) is 2.65. The van der Waals surface area contributed by atoms with Crippen LogP contribution in [-0.4, -0.2) is 50.5 Å². The number of nitrogens with one attached hydrogen (secondary N) is 1. The number of nitrogens with zero attached hydrogens (tertiary/aromatic N) is 2. The maximum absolute atomic E-state index is 14.3. The molecule has 1 N–H and O–H groups in total. The Bertz CT molecular complexity index is 1070. The summed E-state index contributed by atoms with van der Waals surface area (Å²) in [5.74, 6) is -1.27. The van der Waals surface area contributed by atoms with Crippen molar-refractivity contribution < 1.29 is 22.4 Å². The molecule has 0 bridgehead atoms. The van der Waals surface area contributed by atoms with Crippen LogP contribution in [-0.2, 0) is 26.2 Å². The molecule has 2 amide bonds. The molecule has 0 aromatic heterocycles. The molecule has 0 aliphatic rings. The van der Waals surface area contributed by atoms with Crippen molar-refractivity contribution in [1.29, 1.82) is 0 Å². The number of anilines is 1. The molecule has 7 nitrogen and oxygen atoms in total. The number of likely N-dealkylation sites (N-methyl/N-ethyl adjacent to an activating group) is 1. The van der Waals surface area contributed by atoms with Crippen LogP contribution in [0, 0.1) is 5.82 Å². The molecule has 0 aliphatic carbocycles. The summed E-state index contributed by atoms with van der Waals surface area (Å²) in [4.78, 5) is 27.0. The van der Waals surface area contributed by atoms with Crippen LogP contribution < -0.4 is 9.62 Å². The second-order valence-electron chi connectivity index (χ2n) is 8.20. The average Bonchev–Trinajstić information content (AvgIpc) is 2.75. The van der Waals surface area contributed by atoms with Gasteiger partial charge in [0.15, 0.2) is 0 Å². The summed E-state index contributed by atoms with van der Waals surface area (Å²) < 4.78 is 40.4. The SMILES string of the molecule is CCNC(=O)C(C)N(Cc1ccccc1F)C(=O)CN(c1ccc(C(C)C)cc1)S(C)(=O)=O. The normalized spacial score (nSPS) is 12.3. The van der Waals surface area contributed by atoms with Crippen LogP contribution in [0.15, 0.2) is 48.5 Å². The molecule has 0 radical (unpaired) electrons. The number of amides is 2. The summed E-state index contributed by atoms with van der Waals surface area (Å²) in [6, 6.07) is 12.0. The lowest BCUT2D eigenvalue weighted by Gasteiger charge is -2.31. The van der Waals surface area contributed by atoms with E-state index in [1.165, 1.54) is 30.0 Å². The van der Waals surface area contributed by atoms with E-state index in [1.807, 2.05) is 26.0 Å². The third-order valence-electron chi connectivity index (χ3n) is 5.34. The van der Waals surface area contributed by atoms with Crippen LogP contribution in [0.5, 0.6) is 0 Å². The lowest BCUT2D eigenvalue weighted by atomic mass is 10.0. The first-order valence-corrected chi connectivity index (χ1v) is 12.7. The fourth-order valence-corrected chi connectivity index (χ4v) is 4.20.